The Labute approximate surface area is 124 Å². The van der Waals surface area contributed by atoms with Crippen LogP contribution in [-0.2, 0) is 13.1 Å². The van der Waals surface area contributed by atoms with Gasteiger partial charge in [0.2, 0.25) is 0 Å². The number of aryl methyl sites for hydroxylation is 2. The largest absolute Gasteiger partial charge is 0.317 e. The van der Waals surface area contributed by atoms with E-state index in [1.807, 2.05) is 0 Å². The molecule has 1 fully saturated rings. The Balaban J connectivity index is 2.13. The van der Waals surface area contributed by atoms with Crippen LogP contribution in [0.1, 0.15) is 38.1 Å². The zero-order valence-electron chi connectivity index (χ0n) is 12.2. The summed E-state index contributed by atoms with van der Waals surface area (Å²) in [7, 11) is 0. The summed E-state index contributed by atoms with van der Waals surface area (Å²) < 4.78 is 3.31. The summed E-state index contributed by atoms with van der Waals surface area (Å²) in [6.45, 7) is 11.8. The standard InChI is InChI=1S/C14H25BrN4/c1-4-18(12-6-8-16-9-7-12)10-13-14(15)11(3)17-19(13)5-2/h12,16H,4-10H2,1-3H3. The molecule has 1 aromatic heterocycles. The number of nitrogens with one attached hydrogen (secondary N) is 1. The molecule has 1 saturated heterocycles. The lowest BCUT2D eigenvalue weighted by atomic mass is 10.0. The molecule has 1 N–H and O–H groups in total. The van der Waals surface area contributed by atoms with Gasteiger partial charge in [-0.2, -0.15) is 5.10 Å². The van der Waals surface area contributed by atoms with Gasteiger partial charge in [0.1, 0.15) is 0 Å². The quantitative estimate of drug-likeness (QED) is 0.901. The van der Waals surface area contributed by atoms with E-state index in [9.17, 15) is 0 Å². The van der Waals surface area contributed by atoms with Gasteiger partial charge >= 0.3 is 0 Å². The van der Waals surface area contributed by atoms with Gasteiger partial charge in [-0.1, -0.05) is 6.92 Å². The van der Waals surface area contributed by atoms with Crippen molar-refractivity contribution >= 4 is 15.9 Å². The highest BCUT2D eigenvalue weighted by atomic mass is 79.9. The van der Waals surface area contributed by atoms with Crippen molar-refractivity contribution in [1.29, 1.82) is 0 Å². The van der Waals surface area contributed by atoms with E-state index in [1.54, 1.807) is 0 Å². The van der Waals surface area contributed by atoms with E-state index in [4.69, 9.17) is 0 Å². The van der Waals surface area contributed by atoms with Gasteiger partial charge in [0.25, 0.3) is 0 Å². The first-order chi connectivity index (χ1) is 9.17. The summed E-state index contributed by atoms with van der Waals surface area (Å²) in [4.78, 5) is 2.59. The Bertz CT molecular complexity index is 410. The first kappa shape index (κ1) is 15.0. The number of hydrogen-bond acceptors (Lipinski definition) is 3. The molecule has 0 atom stereocenters. The van der Waals surface area contributed by atoms with Gasteiger partial charge in [0, 0.05) is 19.1 Å². The smallest absolute Gasteiger partial charge is 0.0739 e. The molecule has 2 heterocycles. The number of hydrogen-bond donors (Lipinski definition) is 1. The van der Waals surface area contributed by atoms with Crippen molar-refractivity contribution < 1.29 is 0 Å². The van der Waals surface area contributed by atoms with Crippen molar-refractivity contribution in [3.05, 3.63) is 15.9 Å². The van der Waals surface area contributed by atoms with E-state index in [1.165, 1.54) is 23.0 Å². The van der Waals surface area contributed by atoms with Crippen LogP contribution in [-0.4, -0.2) is 40.4 Å². The van der Waals surface area contributed by atoms with Gasteiger partial charge in [-0.15, -0.1) is 0 Å². The third kappa shape index (κ3) is 3.38. The molecule has 19 heavy (non-hydrogen) atoms. The minimum absolute atomic E-state index is 0.707. The topological polar surface area (TPSA) is 33.1 Å². The molecule has 0 spiro atoms. The molecule has 1 aliphatic heterocycles. The highest BCUT2D eigenvalue weighted by Crippen LogP contribution is 2.24. The summed E-state index contributed by atoms with van der Waals surface area (Å²) in [5.74, 6) is 0. The van der Waals surface area contributed by atoms with Crippen LogP contribution in [0.4, 0.5) is 0 Å². The molecule has 4 nitrogen and oxygen atoms in total. The number of halogens is 1. The number of nitrogens with zero attached hydrogens (tertiary/aromatic N) is 3. The van der Waals surface area contributed by atoms with Crippen molar-refractivity contribution in [3.8, 4) is 0 Å². The molecule has 0 saturated carbocycles. The summed E-state index contributed by atoms with van der Waals surface area (Å²) in [5, 5.41) is 8.03. The van der Waals surface area contributed by atoms with Crippen molar-refractivity contribution in [3.63, 3.8) is 0 Å². The predicted molar refractivity (Wildman–Crippen MR) is 82.3 cm³/mol. The molecule has 0 bridgehead atoms. The average Bonchev–Trinajstić information content (AvgIpc) is 2.72. The van der Waals surface area contributed by atoms with Crippen molar-refractivity contribution in [2.75, 3.05) is 19.6 Å². The van der Waals surface area contributed by atoms with Gasteiger partial charge in [-0.05, 0) is 62.3 Å². The van der Waals surface area contributed by atoms with E-state index in [2.05, 4.69) is 56.7 Å². The predicted octanol–water partition coefficient (Wildman–Crippen LogP) is 2.55. The minimum Gasteiger partial charge on any atom is -0.317 e. The van der Waals surface area contributed by atoms with Gasteiger partial charge in [-0.25, -0.2) is 0 Å². The highest BCUT2D eigenvalue weighted by Gasteiger charge is 2.22. The summed E-state index contributed by atoms with van der Waals surface area (Å²) in [6, 6.07) is 0.707. The zero-order chi connectivity index (χ0) is 13.8. The molecule has 0 aliphatic carbocycles. The zero-order valence-corrected chi connectivity index (χ0v) is 13.8. The normalized spacial score (nSPS) is 17.3. The van der Waals surface area contributed by atoms with Crippen LogP contribution in [0.25, 0.3) is 0 Å². The molecule has 0 unspecified atom stereocenters. The maximum atomic E-state index is 4.59. The fourth-order valence-corrected chi connectivity index (χ4v) is 3.29. The van der Waals surface area contributed by atoms with Crippen LogP contribution >= 0.6 is 15.9 Å². The lowest BCUT2D eigenvalue weighted by molar-refractivity contribution is 0.157. The van der Waals surface area contributed by atoms with Gasteiger partial charge < -0.3 is 5.32 Å². The monoisotopic (exact) mass is 328 g/mol. The molecule has 0 radical (unpaired) electrons. The molecule has 5 heteroatoms. The Kier molecular flexibility index (Phi) is 5.42. The second kappa shape index (κ2) is 6.86. The van der Waals surface area contributed by atoms with Crippen LogP contribution in [0.2, 0.25) is 0 Å². The Morgan fingerprint density at radius 1 is 1.37 bits per heavy atom. The lowest BCUT2D eigenvalue weighted by Crippen LogP contribution is -2.43. The van der Waals surface area contributed by atoms with Crippen LogP contribution < -0.4 is 5.32 Å². The van der Waals surface area contributed by atoms with Crippen LogP contribution in [0, 0.1) is 6.92 Å². The molecular weight excluding hydrogens is 304 g/mol. The third-order valence-electron chi connectivity index (χ3n) is 4.04. The minimum atomic E-state index is 0.707. The average molecular weight is 329 g/mol. The SMILES string of the molecule is CCN(Cc1c(Br)c(C)nn1CC)C1CCNCC1. The second-order valence-corrected chi connectivity index (χ2v) is 6.00. The van der Waals surface area contributed by atoms with E-state index < -0.39 is 0 Å². The van der Waals surface area contributed by atoms with E-state index in [0.29, 0.717) is 6.04 Å². The molecule has 0 aromatic carbocycles. The number of piperidine rings is 1. The molecular formula is C14H25BrN4. The van der Waals surface area contributed by atoms with Crippen LogP contribution in [0.3, 0.4) is 0 Å². The summed E-state index contributed by atoms with van der Waals surface area (Å²) in [5.41, 5.74) is 2.42. The fourth-order valence-electron chi connectivity index (χ4n) is 2.88. The first-order valence-electron chi connectivity index (χ1n) is 7.33. The maximum absolute atomic E-state index is 4.59. The molecule has 2 rings (SSSR count). The van der Waals surface area contributed by atoms with Crippen LogP contribution in [0.15, 0.2) is 4.47 Å². The second-order valence-electron chi connectivity index (χ2n) is 5.21. The molecule has 1 aliphatic rings. The summed E-state index contributed by atoms with van der Waals surface area (Å²) in [6.07, 6.45) is 2.51. The van der Waals surface area contributed by atoms with E-state index in [-0.39, 0.29) is 0 Å². The first-order valence-corrected chi connectivity index (χ1v) is 8.13. The Morgan fingerprint density at radius 2 is 2.05 bits per heavy atom. The fraction of sp³-hybridized carbons (Fsp3) is 0.786. The Hall–Kier alpha value is -0.390. The highest BCUT2D eigenvalue weighted by molar-refractivity contribution is 9.10. The molecule has 0 amide bonds. The summed E-state index contributed by atoms with van der Waals surface area (Å²) >= 11 is 3.70. The number of rotatable bonds is 5. The van der Waals surface area contributed by atoms with Crippen molar-refractivity contribution in [2.45, 2.75) is 52.7 Å². The van der Waals surface area contributed by atoms with Crippen molar-refractivity contribution in [1.82, 2.24) is 20.0 Å². The van der Waals surface area contributed by atoms with Gasteiger partial charge in [0.15, 0.2) is 0 Å². The lowest BCUT2D eigenvalue weighted by Gasteiger charge is -2.34. The molecule has 1 aromatic rings. The third-order valence-corrected chi connectivity index (χ3v) is 5.07. The van der Waals surface area contributed by atoms with Crippen LogP contribution in [0.5, 0.6) is 0 Å². The van der Waals surface area contributed by atoms with E-state index >= 15 is 0 Å². The Morgan fingerprint density at radius 3 is 2.63 bits per heavy atom. The van der Waals surface area contributed by atoms with Crippen molar-refractivity contribution in [2.24, 2.45) is 0 Å². The van der Waals surface area contributed by atoms with Gasteiger partial charge in [-0.3, -0.25) is 9.58 Å². The van der Waals surface area contributed by atoms with Gasteiger partial charge in [0.05, 0.1) is 15.9 Å². The molecule has 108 valence electrons. The number of aromatic nitrogens is 2. The maximum Gasteiger partial charge on any atom is 0.0739 e. The van der Waals surface area contributed by atoms with E-state index in [0.717, 1.165) is 38.4 Å².